The predicted molar refractivity (Wildman–Crippen MR) is 145 cm³/mol. The number of sulfonamides is 1. The van der Waals surface area contributed by atoms with Crippen molar-refractivity contribution in [3.05, 3.63) is 89.5 Å². The second-order valence-electron chi connectivity index (χ2n) is 8.98. The van der Waals surface area contributed by atoms with E-state index in [0.29, 0.717) is 34.7 Å². The lowest BCUT2D eigenvalue weighted by Crippen LogP contribution is -2.39. The van der Waals surface area contributed by atoms with Crippen LogP contribution in [-0.4, -0.2) is 56.9 Å². The van der Waals surface area contributed by atoms with Crippen LogP contribution in [0.4, 0.5) is 10.5 Å². The quantitative estimate of drug-likeness (QED) is 0.375. The highest BCUT2D eigenvalue weighted by Crippen LogP contribution is 2.32. The maximum atomic E-state index is 12.8. The van der Waals surface area contributed by atoms with Crippen molar-refractivity contribution in [3.63, 3.8) is 0 Å². The molecule has 0 radical (unpaired) electrons. The van der Waals surface area contributed by atoms with E-state index in [2.05, 4.69) is 0 Å². The molecular formula is C28H32N2O7S. The van der Waals surface area contributed by atoms with Crippen molar-refractivity contribution in [2.75, 3.05) is 24.7 Å². The van der Waals surface area contributed by atoms with Gasteiger partial charge in [-0.15, -0.1) is 0 Å². The number of methoxy groups -OCH3 is 1. The molecule has 0 aliphatic carbocycles. The lowest BCUT2D eigenvalue weighted by atomic mass is 10.0. The number of ether oxygens (including phenoxy) is 2. The van der Waals surface area contributed by atoms with Crippen LogP contribution >= 0.6 is 0 Å². The fraction of sp³-hybridized carbons (Fsp3) is 0.286. The summed E-state index contributed by atoms with van der Waals surface area (Å²) in [5, 5.41) is 9.13. The molecule has 1 N–H and O–H groups in total. The maximum Gasteiger partial charge on any atom is 0.410 e. The highest BCUT2D eigenvalue weighted by Gasteiger charge is 2.24. The molecule has 0 aromatic heterocycles. The Bertz CT molecular complexity index is 1380. The van der Waals surface area contributed by atoms with Crippen LogP contribution in [0.3, 0.4) is 0 Å². The third-order valence-corrected chi connectivity index (χ3v) is 7.25. The van der Waals surface area contributed by atoms with Crippen molar-refractivity contribution < 1.29 is 32.6 Å². The minimum atomic E-state index is -3.54. The van der Waals surface area contributed by atoms with Crippen LogP contribution in [0.1, 0.15) is 23.6 Å². The van der Waals surface area contributed by atoms with Gasteiger partial charge in [0, 0.05) is 18.7 Å². The van der Waals surface area contributed by atoms with E-state index in [9.17, 15) is 18.0 Å². The first-order valence-corrected chi connectivity index (χ1v) is 13.8. The normalized spacial score (nSPS) is 11.9. The van der Waals surface area contributed by atoms with Gasteiger partial charge in [0.05, 0.1) is 32.0 Å². The first kappa shape index (κ1) is 28.5. The van der Waals surface area contributed by atoms with Gasteiger partial charge in [0.25, 0.3) is 0 Å². The Morgan fingerprint density at radius 2 is 1.66 bits per heavy atom. The van der Waals surface area contributed by atoms with Gasteiger partial charge in [0.15, 0.2) is 0 Å². The van der Waals surface area contributed by atoms with Crippen LogP contribution < -0.4 is 9.04 Å². The number of nitrogens with zero attached hydrogens (tertiary/aromatic N) is 2. The number of rotatable bonds is 11. The number of carboxylic acid groups (broad SMARTS) is 1. The van der Waals surface area contributed by atoms with Crippen LogP contribution in [0, 0.1) is 0 Å². The van der Waals surface area contributed by atoms with Gasteiger partial charge in [0.1, 0.15) is 11.5 Å². The molecule has 0 saturated carbocycles. The molecule has 0 saturated heterocycles. The van der Waals surface area contributed by atoms with E-state index in [1.807, 2.05) is 37.3 Å². The SMILES string of the molecule is COC(=O)N(Cc1cc(N(C)S(C)(=O)=O)ccc1Oc1cccc(CC(=O)O)c1)[C@@H](C)Cc1ccccc1. The number of benzene rings is 3. The summed E-state index contributed by atoms with van der Waals surface area (Å²) in [5.74, 6) is -0.155. The molecule has 38 heavy (non-hydrogen) atoms. The Morgan fingerprint density at radius 3 is 2.29 bits per heavy atom. The highest BCUT2D eigenvalue weighted by atomic mass is 32.2. The molecule has 3 aromatic rings. The average molecular weight is 541 g/mol. The minimum absolute atomic E-state index is 0.0796. The Hall–Kier alpha value is -4.05. The number of amides is 1. The molecule has 0 heterocycles. The molecule has 1 atom stereocenters. The van der Waals surface area contributed by atoms with Crippen LogP contribution in [0.25, 0.3) is 0 Å². The van der Waals surface area contributed by atoms with Crippen molar-refractivity contribution in [1.82, 2.24) is 4.90 Å². The summed E-state index contributed by atoms with van der Waals surface area (Å²) in [5.41, 5.74) is 2.56. The number of carbonyl (C=O) groups is 2. The number of hydrogen-bond acceptors (Lipinski definition) is 6. The van der Waals surface area contributed by atoms with Crippen LogP contribution in [0.5, 0.6) is 11.5 Å². The van der Waals surface area contributed by atoms with Gasteiger partial charge in [-0.05, 0) is 54.8 Å². The van der Waals surface area contributed by atoms with Crippen molar-refractivity contribution in [2.45, 2.75) is 32.4 Å². The molecule has 1 amide bonds. The summed E-state index contributed by atoms with van der Waals surface area (Å²) in [7, 11) is -0.782. The largest absolute Gasteiger partial charge is 0.481 e. The first-order chi connectivity index (χ1) is 18.0. The van der Waals surface area contributed by atoms with Gasteiger partial charge >= 0.3 is 12.1 Å². The summed E-state index contributed by atoms with van der Waals surface area (Å²) < 4.78 is 36.7. The van der Waals surface area contributed by atoms with E-state index >= 15 is 0 Å². The standard InChI is InChI=1S/C28H32N2O7S/c1-20(15-21-9-6-5-7-10-21)30(28(33)36-3)19-23-18-24(29(2)38(4,34)35)13-14-26(23)37-25-12-8-11-22(16-25)17-27(31)32/h5-14,16,18,20H,15,17,19H2,1-4H3,(H,31,32)/t20-/m0/s1. The topological polar surface area (TPSA) is 113 Å². The molecule has 9 nitrogen and oxygen atoms in total. The zero-order valence-corrected chi connectivity index (χ0v) is 22.6. The molecule has 0 unspecified atom stereocenters. The molecule has 0 spiro atoms. The molecule has 0 bridgehead atoms. The second-order valence-corrected chi connectivity index (χ2v) is 11.0. The Balaban J connectivity index is 2.00. The summed E-state index contributed by atoms with van der Waals surface area (Å²) >= 11 is 0. The monoisotopic (exact) mass is 540 g/mol. The molecule has 0 fully saturated rings. The Morgan fingerprint density at radius 1 is 0.974 bits per heavy atom. The third kappa shape index (κ3) is 7.72. The zero-order chi connectivity index (χ0) is 27.9. The summed E-state index contributed by atoms with van der Waals surface area (Å²) in [4.78, 5) is 25.5. The number of anilines is 1. The third-order valence-electron chi connectivity index (χ3n) is 6.04. The molecule has 3 aromatic carbocycles. The number of aliphatic carboxylic acids is 1. The van der Waals surface area contributed by atoms with E-state index in [0.717, 1.165) is 16.1 Å². The smallest absolute Gasteiger partial charge is 0.410 e. The number of carbonyl (C=O) groups excluding carboxylic acids is 1. The van der Waals surface area contributed by atoms with Gasteiger partial charge in [0.2, 0.25) is 10.0 Å². The second kappa shape index (κ2) is 12.5. The first-order valence-electron chi connectivity index (χ1n) is 11.9. The Kier molecular flexibility index (Phi) is 9.35. The average Bonchev–Trinajstić information content (AvgIpc) is 2.87. The fourth-order valence-electron chi connectivity index (χ4n) is 3.96. The van der Waals surface area contributed by atoms with Crippen molar-refractivity contribution >= 4 is 27.8 Å². The molecule has 10 heteroatoms. The highest BCUT2D eigenvalue weighted by molar-refractivity contribution is 7.92. The van der Waals surface area contributed by atoms with E-state index < -0.39 is 22.1 Å². The molecule has 202 valence electrons. The van der Waals surface area contributed by atoms with E-state index in [4.69, 9.17) is 14.6 Å². The summed E-state index contributed by atoms with van der Waals surface area (Å²) in [6.45, 7) is 1.99. The molecule has 0 aliphatic rings. The van der Waals surface area contributed by atoms with Crippen LogP contribution in [-0.2, 0) is 38.9 Å². The van der Waals surface area contributed by atoms with Gasteiger partial charge in [-0.1, -0.05) is 42.5 Å². The number of carboxylic acids is 1. The summed E-state index contributed by atoms with van der Waals surface area (Å²) in [6.07, 6.45) is 0.986. The lowest BCUT2D eigenvalue weighted by molar-refractivity contribution is -0.136. The molecule has 3 rings (SSSR count). The fourth-order valence-corrected chi connectivity index (χ4v) is 4.46. The van der Waals surface area contributed by atoms with E-state index in [1.165, 1.54) is 14.2 Å². The predicted octanol–water partition coefficient (Wildman–Crippen LogP) is 4.70. The van der Waals surface area contributed by atoms with E-state index in [-0.39, 0.29) is 19.0 Å². The van der Waals surface area contributed by atoms with Crippen molar-refractivity contribution in [3.8, 4) is 11.5 Å². The summed E-state index contributed by atoms with van der Waals surface area (Å²) in [6, 6.07) is 21.1. The Labute approximate surface area is 223 Å². The minimum Gasteiger partial charge on any atom is -0.481 e. The van der Waals surface area contributed by atoms with Crippen LogP contribution in [0.15, 0.2) is 72.8 Å². The lowest BCUT2D eigenvalue weighted by Gasteiger charge is -2.29. The van der Waals surface area contributed by atoms with Gasteiger partial charge < -0.3 is 19.5 Å². The van der Waals surface area contributed by atoms with Gasteiger partial charge in [-0.3, -0.25) is 9.10 Å². The molecule has 0 aliphatic heterocycles. The number of hydrogen-bond donors (Lipinski definition) is 1. The van der Waals surface area contributed by atoms with Crippen molar-refractivity contribution in [1.29, 1.82) is 0 Å². The maximum absolute atomic E-state index is 12.8. The zero-order valence-electron chi connectivity index (χ0n) is 21.8. The van der Waals surface area contributed by atoms with Crippen molar-refractivity contribution in [2.24, 2.45) is 0 Å². The molecular weight excluding hydrogens is 508 g/mol. The van der Waals surface area contributed by atoms with E-state index in [1.54, 1.807) is 47.4 Å². The van der Waals surface area contributed by atoms with Crippen LogP contribution in [0.2, 0.25) is 0 Å². The van der Waals surface area contributed by atoms with Gasteiger partial charge in [-0.2, -0.15) is 0 Å². The van der Waals surface area contributed by atoms with Gasteiger partial charge in [-0.25, -0.2) is 13.2 Å².